The van der Waals surface area contributed by atoms with E-state index in [1.54, 1.807) is 0 Å². The minimum atomic E-state index is 0.636. The number of nitrogens with zero attached hydrogens (tertiary/aromatic N) is 2. The van der Waals surface area contributed by atoms with E-state index < -0.39 is 0 Å². The van der Waals surface area contributed by atoms with E-state index in [1.807, 2.05) is 6.20 Å². The summed E-state index contributed by atoms with van der Waals surface area (Å²) in [4.78, 5) is 4.42. The first kappa shape index (κ1) is 11.1. The quantitative estimate of drug-likeness (QED) is 0.919. The molecule has 84 valence electrons. The molecule has 1 fully saturated rings. The molecule has 1 heterocycles. The second kappa shape index (κ2) is 5.12. The van der Waals surface area contributed by atoms with Gasteiger partial charge < -0.3 is 10.3 Å². The van der Waals surface area contributed by atoms with Crippen LogP contribution in [0.15, 0.2) is 10.8 Å². The molecule has 3 nitrogen and oxygen atoms in total. The van der Waals surface area contributed by atoms with Gasteiger partial charge in [-0.25, -0.2) is 4.98 Å². The van der Waals surface area contributed by atoms with Crippen LogP contribution in [0.4, 0.5) is 0 Å². The van der Waals surface area contributed by atoms with Crippen LogP contribution in [0.2, 0.25) is 0 Å². The lowest BCUT2D eigenvalue weighted by Crippen LogP contribution is -2.17. The summed E-state index contributed by atoms with van der Waals surface area (Å²) in [6.45, 7) is 0.677. The third kappa shape index (κ3) is 2.42. The summed E-state index contributed by atoms with van der Waals surface area (Å²) in [6, 6.07) is 0.636. The Kier molecular flexibility index (Phi) is 3.81. The Hall–Kier alpha value is -0.350. The van der Waals surface area contributed by atoms with Gasteiger partial charge in [-0.05, 0) is 35.3 Å². The van der Waals surface area contributed by atoms with Crippen LogP contribution in [0.1, 0.15) is 44.0 Å². The topological polar surface area (TPSA) is 43.8 Å². The summed E-state index contributed by atoms with van der Waals surface area (Å²) in [5.74, 6) is 1.14. The van der Waals surface area contributed by atoms with Crippen molar-refractivity contribution in [1.82, 2.24) is 9.55 Å². The Labute approximate surface area is 99.2 Å². The van der Waals surface area contributed by atoms with Crippen LogP contribution in [-0.2, 0) is 6.42 Å². The number of halogens is 1. The second-order valence-corrected chi connectivity index (χ2v) is 5.01. The largest absolute Gasteiger partial charge is 0.330 e. The van der Waals surface area contributed by atoms with Crippen LogP contribution in [0, 0.1) is 0 Å². The zero-order chi connectivity index (χ0) is 10.7. The third-order valence-corrected chi connectivity index (χ3v) is 3.72. The molecule has 2 N–H and O–H groups in total. The molecule has 0 amide bonds. The summed E-state index contributed by atoms with van der Waals surface area (Å²) in [5, 5.41) is 0. The monoisotopic (exact) mass is 271 g/mol. The predicted molar refractivity (Wildman–Crippen MR) is 64.8 cm³/mol. The van der Waals surface area contributed by atoms with Crippen molar-refractivity contribution >= 4 is 15.9 Å². The minimum absolute atomic E-state index is 0.636. The highest BCUT2D eigenvalue weighted by molar-refractivity contribution is 9.10. The molecule has 0 radical (unpaired) electrons. The standard InChI is InChI=1S/C11H18BrN3/c12-10-8-14-11(6-7-13)15(10)9-4-2-1-3-5-9/h8-9H,1-7,13H2. The van der Waals surface area contributed by atoms with Crippen molar-refractivity contribution in [3.8, 4) is 0 Å². The molecule has 0 atom stereocenters. The molecule has 1 aromatic heterocycles. The Morgan fingerprint density at radius 3 is 2.80 bits per heavy atom. The third-order valence-electron chi connectivity index (χ3n) is 3.14. The first-order valence-corrected chi connectivity index (χ1v) is 6.54. The smallest absolute Gasteiger partial charge is 0.111 e. The summed E-state index contributed by atoms with van der Waals surface area (Å²) in [7, 11) is 0. The fourth-order valence-electron chi connectivity index (χ4n) is 2.41. The van der Waals surface area contributed by atoms with E-state index in [2.05, 4.69) is 25.5 Å². The van der Waals surface area contributed by atoms with E-state index in [4.69, 9.17) is 5.73 Å². The number of rotatable bonds is 3. The minimum Gasteiger partial charge on any atom is -0.330 e. The van der Waals surface area contributed by atoms with Crippen molar-refractivity contribution in [2.75, 3.05) is 6.54 Å². The number of hydrogen-bond acceptors (Lipinski definition) is 2. The van der Waals surface area contributed by atoms with Crippen molar-refractivity contribution in [3.63, 3.8) is 0 Å². The van der Waals surface area contributed by atoms with E-state index >= 15 is 0 Å². The normalized spacial score (nSPS) is 18.3. The molecule has 1 aliphatic rings. The van der Waals surface area contributed by atoms with Gasteiger partial charge in [-0.3, -0.25) is 0 Å². The van der Waals surface area contributed by atoms with Crippen LogP contribution in [0.5, 0.6) is 0 Å². The maximum atomic E-state index is 5.60. The molecule has 1 saturated carbocycles. The number of nitrogens with two attached hydrogens (primary N) is 1. The van der Waals surface area contributed by atoms with E-state index in [-0.39, 0.29) is 0 Å². The lowest BCUT2D eigenvalue weighted by Gasteiger charge is -2.25. The average molecular weight is 272 g/mol. The number of aromatic nitrogens is 2. The molecular weight excluding hydrogens is 254 g/mol. The zero-order valence-corrected chi connectivity index (χ0v) is 10.5. The van der Waals surface area contributed by atoms with Crippen molar-refractivity contribution in [2.24, 2.45) is 5.73 Å². The van der Waals surface area contributed by atoms with Crippen LogP contribution < -0.4 is 5.73 Å². The molecule has 0 aromatic carbocycles. The molecule has 0 bridgehead atoms. The molecule has 15 heavy (non-hydrogen) atoms. The second-order valence-electron chi connectivity index (χ2n) is 4.20. The predicted octanol–water partition coefficient (Wildman–Crippen LogP) is 2.65. The van der Waals surface area contributed by atoms with Gasteiger partial charge in [-0.2, -0.15) is 0 Å². The van der Waals surface area contributed by atoms with Gasteiger partial charge in [0.25, 0.3) is 0 Å². The van der Waals surface area contributed by atoms with Crippen molar-refractivity contribution < 1.29 is 0 Å². The van der Waals surface area contributed by atoms with E-state index in [9.17, 15) is 0 Å². The average Bonchev–Trinajstić information content (AvgIpc) is 2.62. The van der Waals surface area contributed by atoms with E-state index in [0.29, 0.717) is 12.6 Å². The van der Waals surface area contributed by atoms with Gasteiger partial charge in [0.05, 0.1) is 6.20 Å². The first-order chi connectivity index (χ1) is 7.33. The molecule has 4 heteroatoms. The summed E-state index contributed by atoms with van der Waals surface area (Å²) in [6.07, 6.45) is 9.42. The number of imidazole rings is 1. The Bertz CT molecular complexity index is 316. The maximum absolute atomic E-state index is 5.60. The molecule has 1 aliphatic carbocycles. The lowest BCUT2D eigenvalue weighted by atomic mass is 9.95. The molecule has 0 saturated heterocycles. The van der Waals surface area contributed by atoms with E-state index in [0.717, 1.165) is 16.8 Å². The zero-order valence-electron chi connectivity index (χ0n) is 8.95. The van der Waals surface area contributed by atoms with Crippen molar-refractivity contribution in [1.29, 1.82) is 0 Å². The van der Waals surface area contributed by atoms with Gasteiger partial charge in [-0.15, -0.1) is 0 Å². The SMILES string of the molecule is NCCc1ncc(Br)n1C1CCCCC1. The van der Waals surface area contributed by atoms with Crippen molar-refractivity contribution in [3.05, 3.63) is 16.6 Å². The fourth-order valence-corrected chi connectivity index (χ4v) is 3.01. The Morgan fingerprint density at radius 1 is 1.40 bits per heavy atom. The van der Waals surface area contributed by atoms with Gasteiger partial charge >= 0.3 is 0 Å². The summed E-state index contributed by atoms with van der Waals surface area (Å²) < 4.78 is 3.45. The Morgan fingerprint density at radius 2 is 2.13 bits per heavy atom. The fraction of sp³-hybridized carbons (Fsp3) is 0.727. The highest BCUT2D eigenvalue weighted by Gasteiger charge is 2.19. The van der Waals surface area contributed by atoms with Gasteiger partial charge in [0.2, 0.25) is 0 Å². The molecule has 1 aromatic rings. The van der Waals surface area contributed by atoms with Crippen LogP contribution in [0.3, 0.4) is 0 Å². The molecule has 0 aliphatic heterocycles. The highest BCUT2D eigenvalue weighted by atomic mass is 79.9. The summed E-state index contributed by atoms with van der Waals surface area (Å²) in [5.41, 5.74) is 5.60. The van der Waals surface area contributed by atoms with Gasteiger partial charge in [0, 0.05) is 12.5 Å². The highest BCUT2D eigenvalue weighted by Crippen LogP contribution is 2.32. The van der Waals surface area contributed by atoms with Gasteiger partial charge in [0.1, 0.15) is 10.4 Å². The van der Waals surface area contributed by atoms with Gasteiger partial charge in [0.15, 0.2) is 0 Å². The molecule has 2 rings (SSSR count). The summed E-state index contributed by atoms with van der Waals surface area (Å²) >= 11 is 3.58. The molecular formula is C11H18BrN3. The first-order valence-electron chi connectivity index (χ1n) is 5.74. The maximum Gasteiger partial charge on any atom is 0.111 e. The van der Waals surface area contributed by atoms with Gasteiger partial charge in [-0.1, -0.05) is 19.3 Å². The van der Waals surface area contributed by atoms with Crippen LogP contribution in [-0.4, -0.2) is 16.1 Å². The molecule has 0 spiro atoms. The van der Waals surface area contributed by atoms with Crippen LogP contribution in [0.25, 0.3) is 0 Å². The lowest BCUT2D eigenvalue weighted by molar-refractivity contribution is 0.342. The Balaban J connectivity index is 2.19. The van der Waals surface area contributed by atoms with Crippen molar-refractivity contribution in [2.45, 2.75) is 44.6 Å². The van der Waals surface area contributed by atoms with E-state index in [1.165, 1.54) is 32.1 Å². The van der Waals surface area contributed by atoms with Crippen LogP contribution >= 0.6 is 15.9 Å². The number of hydrogen-bond donors (Lipinski definition) is 1. The molecule has 0 unspecified atom stereocenters.